The van der Waals surface area contributed by atoms with Crippen molar-refractivity contribution in [3.05, 3.63) is 65.1 Å². The number of hydrogen-bond acceptors (Lipinski definition) is 5. The zero-order chi connectivity index (χ0) is 17.8. The van der Waals surface area contributed by atoms with Gasteiger partial charge >= 0.3 is 5.97 Å². The average molecular weight is 341 g/mol. The van der Waals surface area contributed by atoms with E-state index in [4.69, 9.17) is 14.2 Å². The average Bonchev–Trinajstić information content (AvgIpc) is 2.96. The van der Waals surface area contributed by atoms with Crippen LogP contribution in [0.5, 0.6) is 11.5 Å². The van der Waals surface area contributed by atoms with E-state index in [2.05, 4.69) is 4.99 Å². The van der Waals surface area contributed by atoms with Crippen molar-refractivity contribution in [3.63, 3.8) is 0 Å². The number of carbonyl (C=O) groups is 1. The number of halogens is 1. The first kappa shape index (κ1) is 16.7. The van der Waals surface area contributed by atoms with Crippen molar-refractivity contribution in [2.24, 2.45) is 4.99 Å². The van der Waals surface area contributed by atoms with E-state index in [1.165, 1.54) is 12.1 Å². The Bertz CT molecular complexity index is 856. The lowest BCUT2D eigenvalue weighted by Crippen LogP contribution is -2.07. The largest absolute Gasteiger partial charge is 0.493 e. The molecular weight excluding hydrogens is 325 g/mol. The summed E-state index contributed by atoms with van der Waals surface area (Å²) in [5.74, 6) is 0.639. The van der Waals surface area contributed by atoms with E-state index < -0.39 is 5.97 Å². The maximum Gasteiger partial charge on any atom is 0.363 e. The summed E-state index contributed by atoms with van der Waals surface area (Å²) in [6.45, 7) is 0. The number of hydrogen-bond donors (Lipinski definition) is 0. The SMILES string of the molecule is COc1ccc(CC2=N/C(=C/c3ccc(F)cc3)C(=O)O2)cc1OC. The van der Waals surface area contributed by atoms with Gasteiger partial charge < -0.3 is 14.2 Å². The highest BCUT2D eigenvalue weighted by Crippen LogP contribution is 2.28. The maximum atomic E-state index is 12.9. The Labute approximate surface area is 144 Å². The third-order valence-electron chi connectivity index (χ3n) is 3.64. The number of carbonyl (C=O) groups excluding carboxylic acids is 1. The molecule has 6 heteroatoms. The molecular formula is C19H16FNO4. The monoisotopic (exact) mass is 341 g/mol. The highest BCUT2D eigenvalue weighted by atomic mass is 19.1. The molecule has 0 spiro atoms. The van der Waals surface area contributed by atoms with E-state index in [-0.39, 0.29) is 11.5 Å². The second kappa shape index (κ2) is 7.17. The van der Waals surface area contributed by atoms with E-state index in [1.54, 1.807) is 44.6 Å². The Hall–Kier alpha value is -3.15. The molecule has 0 fully saturated rings. The number of nitrogens with zero attached hydrogens (tertiary/aromatic N) is 1. The minimum Gasteiger partial charge on any atom is -0.493 e. The molecule has 1 heterocycles. The van der Waals surface area contributed by atoms with Gasteiger partial charge in [-0.25, -0.2) is 14.2 Å². The number of rotatable bonds is 5. The van der Waals surface area contributed by atoms with Crippen molar-refractivity contribution in [2.75, 3.05) is 14.2 Å². The van der Waals surface area contributed by atoms with Gasteiger partial charge in [0, 0.05) is 6.42 Å². The molecule has 25 heavy (non-hydrogen) atoms. The molecule has 128 valence electrons. The molecule has 0 atom stereocenters. The van der Waals surface area contributed by atoms with Crippen molar-refractivity contribution in [1.29, 1.82) is 0 Å². The number of esters is 1. The number of cyclic esters (lactones) is 1. The van der Waals surface area contributed by atoms with Crippen molar-refractivity contribution in [1.82, 2.24) is 0 Å². The van der Waals surface area contributed by atoms with Crippen LogP contribution >= 0.6 is 0 Å². The first-order valence-electron chi connectivity index (χ1n) is 7.57. The van der Waals surface area contributed by atoms with Crippen LogP contribution in [0.2, 0.25) is 0 Å². The van der Waals surface area contributed by atoms with Crippen LogP contribution in [0.3, 0.4) is 0 Å². The Morgan fingerprint density at radius 3 is 2.48 bits per heavy atom. The Morgan fingerprint density at radius 1 is 1.08 bits per heavy atom. The third kappa shape index (κ3) is 3.85. The van der Waals surface area contributed by atoms with Crippen LogP contribution in [-0.2, 0) is 16.0 Å². The van der Waals surface area contributed by atoms with Crippen LogP contribution in [-0.4, -0.2) is 26.1 Å². The minimum atomic E-state index is -0.528. The molecule has 2 aromatic rings. The fourth-order valence-electron chi connectivity index (χ4n) is 2.41. The molecule has 0 aliphatic carbocycles. The fourth-order valence-corrected chi connectivity index (χ4v) is 2.41. The van der Waals surface area contributed by atoms with Crippen LogP contribution in [0.25, 0.3) is 6.08 Å². The van der Waals surface area contributed by atoms with Gasteiger partial charge in [-0.05, 0) is 41.5 Å². The van der Waals surface area contributed by atoms with E-state index in [1.807, 2.05) is 6.07 Å². The number of aliphatic imine (C=N–C) groups is 1. The molecule has 3 rings (SSSR count). The van der Waals surface area contributed by atoms with Gasteiger partial charge in [0.05, 0.1) is 14.2 Å². The second-order valence-corrected chi connectivity index (χ2v) is 5.34. The van der Waals surface area contributed by atoms with Gasteiger partial charge in [-0.1, -0.05) is 18.2 Å². The fraction of sp³-hybridized carbons (Fsp3) is 0.158. The Kier molecular flexibility index (Phi) is 4.79. The van der Waals surface area contributed by atoms with Gasteiger partial charge in [0.2, 0.25) is 5.90 Å². The molecule has 0 saturated heterocycles. The number of methoxy groups -OCH3 is 2. The molecule has 0 radical (unpaired) electrons. The normalized spacial score (nSPS) is 15.1. The summed E-state index contributed by atoms with van der Waals surface area (Å²) >= 11 is 0. The lowest BCUT2D eigenvalue weighted by atomic mass is 10.1. The second-order valence-electron chi connectivity index (χ2n) is 5.34. The summed E-state index contributed by atoms with van der Waals surface area (Å²) in [5, 5.41) is 0. The summed E-state index contributed by atoms with van der Waals surface area (Å²) in [7, 11) is 3.12. The van der Waals surface area contributed by atoms with Crippen molar-refractivity contribution in [2.45, 2.75) is 6.42 Å². The predicted molar refractivity (Wildman–Crippen MR) is 91.2 cm³/mol. The molecule has 1 aliphatic rings. The van der Waals surface area contributed by atoms with Gasteiger partial charge in [0.1, 0.15) is 5.82 Å². The summed E-state index contributed by atoms with van der Waals surface area (Å²) in [4.78, 5) is 16.2. The predicted octanol–water partition coefficient (Wildman–Crippen LogP) is 3.38. The van der Waals surface area contributed by atoms with Crippen LogP contribution in [0, 0.1) is 5.82 Å². The zero-order valence-electron chi connectivity index (χ0n) is 13.8. The smallest absolute Gasteiger partial charge is 0.363 e. The molecule has 2 aromatic carbocycles. The van der Waals surface area contributed by atoms with Gasteiger partial charge in [0.25, 0.3) is 0 Å². The van der Waals surface area contributed by atoms with Gasteiger partial charge in [-0.15, -0.1) is 0 Å². The van der Waals surface area contributed by atoms with Gasteiger partial charge in [-0.3, -0.25) is 0 Å². The molecule has 1 aliphatic heterocycles. The summed E-state index contributed by atoms with van der Waals surface area (Å²) in [6, 6.07) is 11.2. The first-order chi connectivity index (χ1) is 12.1. The first-order valence-corrected chi connectivity index (χ1v) is 7.57. The van der Waals surface area contributed by atoms with Gasteiger partial charge in [-0.2, -0.15) is 0 Å². The highest BCUT2D eigenvalue weighted by molar-refractivity contribution is 6.07. The van der Waals surface area contributed by atoms with Crippen LogP contribution in [0.15, 0.2) is 53.2 Å². The molecule has 0 amide bonds. The number of ether oxygens (including phenoxy) is 3. The summed E-state index contributed by atoms with van der Waals surface area (Å²) in [5.41, 5.74) is 1.72. The quantitative estimate of drug-likeness (QED) is 0.618. The highest BCUT2D eigenvalue weighted by Gasteiger charge is 2.23. The summed E-state index contributed by atoms with van der Waals surface area (Å²) < 4.78 is 28.6. The molecule has 0 N–H and O–H groups in total. The van der Waals surface area contributed by atoms with Crippen LogP contribution in [0.1, 0.15) is 11.1 Å². The molecule has 0 bridgehead atoms. The Morgan fingerprint density at radius 2 is 1.80 bits per heavy atom. The topological polar surface area (TPSA) is 57.1 Å². The minimum absolute atomic E-state index is 0.182. The van der Waals surface area contributed by atoms with Gasteiger partial charge in [0.15, 0.2) is 17.2 Å². The van der Waals surface area contributed by atoms with E-state index in [0.29, 0.717) is 29.4 Å². The van der Waals surface area contributed by atoms with E-state index in [9.17, 15) is 9.18 Å². The lowest BCUT2D eigenvalue weighted by molar-refractivity contribution is -0.130. The molecule has 0 saturated carbocycles. The van der Waals surface area contributed by atoms with Crippen molar-refractivity contribution in [3.8, 4) is 11.5 Å². The maximum absolute atomic E-state index is 12.9. The zero-order valence-corrected chi connectivity index (χ0v) is 13.8. The number of benzene rings is 2. The summed E-state index contributed by atoms with van der Waals surface area (Å²) in [6.07, 6.45) is 1.90. The molecule has 0 aromatic heterocycles. The third-order valence-corrected chi connectivity index (χ3v) is 3.64. The Balaban J connectivity index is 1.80. The van der Waals surface area contributed by atoms with Crippen LogP contribution < -0.4 is 9.47 Å². The van der Waals surface area contributed by atoms with E-state index >= 15 is 0 Å². The van der Waals surface area contributed by atoms with Crippen molar-refractivity contribution < 1.29 is 23.4 Å². The molecule has 0 unspecified atom stereocenters. The lowest BCUT2D eigenvalue weighted by Gasteiger charge is -2.09. The molecule has 5 nitrogen and oxygen atoms in total. The standard InChI is InChI=1S/C19H16FNO4/c1-23-16-8-5-13(10-17(16)24-2)11-18-21-15(19(22)25-18)9-12-3-6-14(20)7-4-12/h3-10H,11H2,1-2H3/b15-9+. The van der Waals surface area contributed by atoms with Crippen LogP contribution in [0.4, 0.5) is 4.39 Å². The van der Waals surface area contributed by atoms with E-state index in [0.717, 1.165) is 5.56 Å². The van der Waals surface area contributed by atoms with Crippen molar-refractivity contribution >= 4 is 17.9 Å².